The number of carbonyl (C=O) groups excluding carboxylic acids is 1. The monoisotopic (exact) mass is 364 g/mol. The van der Waals surface area contributed by atoms with Crippen LogP contribution in [-0.4, -0.2) is 28.8 Å². The van der Waals surface area contributed by atoms with Crippen LogP contribution in [0.4, 0.5) is 0 Å². The zero-order chi connectivity index (χ0) is 19.3. The Hall–Kier alpha value is -1.52. The second-order valence-corrected chi connectivity index (χ2v) is 9.35. The smallest absolute Gasteiger partial charge is 0.331 e. The second-order valence-electron chi connectivity index (χ2n) is 9.35. The molecule has 2 saturated carbocycles. The summed E-state index contributed by atoms with van der Waals surface area (Å²) in [5, 5.41) is 9.12. The lowest BCUT2D eigenvalue weighted by molar-refractivity contribution is -0.230. The van der Waals surface area contributed by atoms with Gasteiger partial charge in [0.1, 0.15) is 17.5 Å². The van der Waals surface area contributed by atoms with Crippen LogP contribution in [0.2, 0.25) is 0 Å². The van der Waals surface area contributed by atoms with E-state index in [1.165, 1.54) is 13.0 Å². The Morgan fingerprint density at radius 2 is 1.88 bits per heavy atom. The average Bonchev–Trinajstić information content (AvgIpc) is 2.93. The fourth-order valence-corrected chi connectivity index (χ4v) is 6.48. The average molecular weight is 364 g/mol. The molecule has 2 aliphatic carbocycles. The number of aliphatic carboxylic acids is 1. The summed E-state index contributed by atoms with van der Waals surface area (Å²) in [7, 11) is 0. The number of rotatable bonds is 2. The molecule has 3 rings (SSSR count). The minimum Gasteiger partial charge on any atom is -0.490 e. The summed E-state index contributed by atoms with van der Waals surface area (Å²) in [6, 6.07) is 0. The molecule has 5 atom stereocenters. The summed E-state index contributed by atoms with van der Waals surface area (Å²) >= 11 is 0. The third-order valence-electron chi connectivity index (χ3n) is 7.72. The number of esters is 1. The maximum absolute atomic E-state index is 11.6. The van der Waals surface area contributed by atoms with E-state index in [2.05, 4.69) is 27.7 Å². The molecule has 0 unspecified atom stereocenters. The van der Waals surface area contributed by atoms with Gasteiger partial charge in [-0.15, -0.1) is 0 Å². The lowest BCUT2D eigenvalue weighted by atomic mass is 9.44. The van der Waals surface area contributed by atoms with Crippen LogP contribution >= 0.6 is 0 Å². The van der Waals surface area contributed by atoms with E-state index in [1.807, 2.05) is 0 Å². The summed E-state index contributed by atoms with van der Waals surface area (Å²) in [6.07, 6.45) is 6.62. The van der Waals surface area contributed by atoms with Crippen molar-refractivity contribution in [3.05, 3.63) is 11.8 Å². The van der Waals surface area contributed by atoms with Gasteiger partial charge in [-0.05, 0) is 43.9 Å². The molecule has 0 bridgehead atoms. The fourth-order valence-electron chi connectivity index (χ4n) is 6.48. The lowest BCUT2D eigenvalue weighted by Crippen LogP contribution is -2.64. The maximum Gasteiger partial charge on any atom is 0.331 e. The molecular formula is C21H32O5. The normalized spacial score (nSPS) is 43.0. The van der Waals surface area contributed by atoms with Gasteiger partial charge in [0.2, 0.25) is 0 Å². The Bertz CT molecular complexity index is 636. The van der Waals surface area contributed by atoms with Gasteiger partial charge in [0.25, 0.3) is 0 Å². The van der Waals surface area contributed by atoms with Gasteiger partial charge in [0, 0.05) is 24.2 Å². The highest BCUT2D eigenvalue weighted by Gasteiger charge is 2.66. The van der Waals surface area contributed by atoms with Crippen molar-refractivity contribution in [3.63, 3.8) is 0 Å². The Kier molecular flexibility index (Phi) is 4.65. The Labute approximate surface area is 156 Å². The van der Waals surface area contributed by atoms with Crippen molar-refractivity contribution in [1.29, 1.82) is 0 Å². The van der Waals surface area contributed by atoms with Crippen molar-refractivity contribution in [2.45, 2.75) is 84.8 Å². The number of hydrogen-bond acceptors (Lipinski definition) is 4. The quantitative estimate of drug-likeness (QED) is 0.584. The Morgan fingerprint density at radius 1 is 1.19 bits per heavy atom. The van der Waals surface area contributed by atoms with Crippen molar-refractivity contribution in [1.82, 2.24) is 0 Å². The number of fused-ring (bicyclic) bond motifs is 2. The van der Waals surface area contributed by atoms with E-state index < -0.39 is 5.97 Å². The van der Waals surface area contributed by atoms with Crippen molar-refractivity contribution < 1.29 is 24.2 Å². The van der Waals surface area contributed by atoms with Crippen LogP contribution in [-0.2, 0) is 19.1 Å². The van der Waals surface area contributed by atoms with Gasteiger partial charge in [-0.2, -0.15) is 0 Å². The lowest BCUT2D eigenvalue weighted by Gasteiger charge is -2.64. The standard InChI is InChI=1S/C21H32O5/c1-13-6-7-16-19(3,4)17(25-14(2)22)9-10-20(16,5)21(13)11-8-15(26-21)12-18(23)24/h12-13,16-17H,6-11H2,1-5H3,(H,23,24)/t13-,16+,17+,20+,21-/m1/s1. The molecule has 0 aromatic heterocycles. The zero-order valence-electron chi connectivity index (χ0n) is 16.6. The van der Waals surface area contributed by atoms with Crippen molar-refractivity contribution >= 4 is 11.9 Å². The summed E-state index contributed by atoms with van der Waals surface area (Å²) in [5.74, 6) is 0.194. The first-order valence-electron chi connectivity index (χ1n) is 9.82. The molecule has 3 fully saturated rings. The highest BCUT2D eigenvalue weighted by Crippen LogP contribution is 2.67. The first-order chi connectivity index (χ1) is 12.0. The zero-order valence-corrected chi connectivity index (χ0v) is 16.6. The van der Waals surface area contributed by atoms with E-state index >= 15 is 0 Å². The van der Waals surface area contributed by atoms with E-state index in [1.54, 1.807) is 0 Å². The highest BCUT2D eigenvalue weighted by atomic mass is 16.5. The molecule has 1 N–H and O–H groups in total. The van der Waals surface area contributed by atoms with Crippen LogP contribution < -0.4 is 0 Å². The molecule has 146 valence electrons. The minimum atomic E-state index is -0.943. The minimum absolute atomic E-state index is 0.0566. The Balaban J connectivity index is 1.97. The first kappa shape index (κ1) is 19.2. The van der Waals surface area contributed by atoms with Gasteiger partial charge in [-0.3, -0.25) is 4.79 Å². The molecule has 0 amide bonds. The molecule has 1 spiro atoms. The Morgan fingerprint density at radius 3 is 2.50 bits per heavy atom. The predicted octanol–water partition coefficient (Wildman–Crippen LogP) is 4.31. The van der Waals surface area contributed by atoms with Crippen molar-refractivity contribution in [3.8, 4) is 0 Å². The predicted molar refractivity (Wildman–Crippen MR) is 97.3 cm³/mol. The number of allylic oxidation sites excluding steroid dienone is 1. The van der Waals surface area contributed by atoms with E-state index in [0.717, 1.165) is 32.1 Å². The van der Waals surface area contributed by atoms with Gasteiger partial charge >= 0.3 is 11.9 Å². The molecule has 1 heterocycles. The SMILES string of the molecule is CC(=O)O[C@H]1CC[C@@]2(C)[C@@H](CC[C@@H](C)[C@]23CCC(=CC(=O)O)O3)C1(C)C. The largest absolute Gasteiger partial charge is 0.490 e. The molecular weight excluding hydrogens is 332 g/mol. The van der Waals surface area contributed by atoms with Crippen LogP contribution in [0.15, 0.2) is 11.8 Å². The summed E-state index contributed by atoms with van der Waals surface area (Å²) in [5.41, 5.74) is -0.511. The molecule has 0 radical (unpaired) electrons. The highest BCUT2D eigenvalue weighted by molar-refractivity contribution is 5.80. The molecule has 0 aromatic carbocycles. The molecule has 1 aliphatic heterocycles. The first-order valence-corrected chi connectivity index (χ1v) is 9.82. The van der Waals surface area contributed by atoms with Crippen LogP contribution in [0.25, 0.3) is 0 Å². The maximum atomic E-state index is 11.6. The molecule has 3 aliphatic rings. The third kappa shape index (κ3) is 2.74. The van der Waals surface area contributed by atoms with Gasteiger partial charge < -0.3 is 14.6 Å². The van der Waals surface area contributed by atoms with Crippen molar-refractivity contribution in [2.75, 3.05) is 0 Å². The summed E-state index contributed by atoms with van der Waals surface area (Å²) in [4.78, 5) is 22.7. The fraction of sp³-hybridized carbons (Fsp3) is 0.810. The summed E-state index contributed by atoms with van der Waals surface area (Å²) < 4.78 is 12.2. The number of carboxylic acids is 1. The number of hydrogen-bond donors (Lipinski definition) is 1. The molecule has 1 saturated heterocycles. The molecule has 0 aromatic rings. The van der Waals surface area contributed by atoms with Gasteiger partial charge in [-0.1, -0.05) is 27.7 Å². The summed E-state index contributed by atoms with van der Waals surface area (Å²) in [6.45, 7) is 10.5. The van der Waals surface area contributed by atoms with E-state index in [4.69, 9.17) is 14.6 Å². The van der Waals surface area contributed by atoms with Crippen LogP contribution in [0.1, 0.15) is 73.1 Å². The molecule has 5 nitrogen and oxygen atoms in total. The van der Waals surface area contributed by atoms with E-state index in [-0.39, 0.29) is 28.5 Å². The van der Waals surface area contributed by atoms with Crippen molar-refractivity contribution in [2.24, 2.45) is 22.7 Å². The topological polar surface area (TPSA) is 72.8 Å². The molecule has 26 heavy (non-hydrogen) atoms. The van der Waals surface area contributed by atoms with Gasteiger partial charge in [0.15, 0.2) is 0 Å². The third-order valence-corrected chi connectivity index (χ3v) is 7.72. The van der Waals surface area contributed by atoms with E-state index in [0.29, 0.717) is 24.0 Å². The van der Waals surface area contributed by atoms with E-state index in [9.17, 15) is 9.59 Å². The van der Waals surface area contributed by atoms with Crippen LogP contribution in [0.3, 0.4) is 0 Å². The van der Waals surface area contributed by atoms with Gasteiger partial charge in [-0.25, -0.2) is 4.79 Å². The number of carbonyl (C=O) groups is 2. The molecule has 5 heteroatoms. The number of ether oxygens (including phenoxy) is 2. The second kappa shape index (κ2) is 6.28. The van der Waals surface area contributed by atoms with Crippen LogP contribution in [0.5, 0.6) is 0 Å². The number of carboxylic acid groups (broad SMARTS) is 1. The van der Waals surface area contributed by atoms with Gasteiger partial charge in [0.05, 0.1) is 6.08 Å². The van der Waals surface area contributed by atoms with Crippen LogP contribution in [0, 0.1) is 22.7 Å².